The van der Waals surface area contributed by atoms with E-state index in [0.717, 1.165) is 0 Å². The van der Waals surface area contributed by atoms with Gasteiger partial charge in [0, 0.05) is 13.0 Å². The van der Waals surface area contributed by atoms with Gasteiger partial charge in [-0.1, -0.05) is 6.92 Å². The van der Waals surface area contributed by atoms with Crippen molar-refractivity contribution in [2.24, 2.45) is 11.7 Å². The van der Waals surface area contributed by atoms with Crippen molar-refractivity contribution in [1.29, 1.82) is 0 Å². The van der Waals surface area contributed by atoms with Gasteiger partial charge in [-0.3, -0.25) is 14.4 Å². The standard InChI is InChI=1S/C11H18N2O4/c1-2-9(10(12)15)17-11(16)7-3-5-13-6-4-8(7)14/h7,9,13H,2-6H2,1H3,(H2,12,15). The number of rotatable bonds is 4. The number of ether oxygens (including phenoxy) is 1. The van der Waals surface area contributed by atoms with Gasteiger partial charge in [0.15, 0.2) is 6.10 Å². The number of ketones is 1. The third-order valence-corrected chi connectivity index (χ3v) is 2.78. The van der Waals surface area contributed by atoms with Crippen LogP contribution in [0.5, 0.6) is 0 Å². The van der Waals surface area contributed by atoms with Crippen molar-refractivity contribution >= 4 is 17.7 Å². The van der Waals surface area contributed by atoms with Crippen molar-refractivity contribution in [3.63, 3.8) is 0 Å². The van der Waals surface area contributed by atoms with Gasteiger partial charge in [-0.05, 0) is 19.4 Å². The van der Waals surface area contributed by atoms with Crippen LogP contribution in [0.1, 0.15) is 26.2 Å². The molecule has 0 saturated carbocycles. The van der Waals surface area contributed by atoms with Crippen LogP contribution in [0.2, 0.25) is 0 Å². The zero-order valence-electron chi connectivity index (χ0n) is 9.90. The molecular formula is C11H18N2O4. The number of primary amides is 1. The van der Waals surface area contributed by atoms with E-state index in [1.807, 2.05) is 0 Å². The SMILES string of the molecule is CCC(OC(=O)C1CCNCCC1=O)C(N)=O. The Balaban J connectivity index is 2.61. The third-order valence-electron chi connectivity index (χ3n) is 2.78. The Morgan fingerprint density at radius 3 is 2.82 bits per heavy atom. The van der Waals surface area contributed by atoms with Crippen molar-refractivity contribution < 1.29 is 19.1 Å². The van der Waals surface area contributed by atoms with Crippen LogP contribution in [0.15, 0.2) is 0 Å². The van der Waals surface area contributed by atoms with Crippen molar-refractivity contribution in [2.75, 3.05) is 13.1 Å². The van der Waals surface area contributed by atoms with Gasteiger partial charge in [0.05, 0.1) is 0 Å². The van der Waals surface area contributed by atoms with Crippen LogP contribution in [0.25, 0.3) is 0 Å². The molecule has 1 saturated heterocycles. The molecule has 17 heavy (non-hydrogen) atoms. The third kappa shape index (κ3) is 3.81. The van der Waals surface area contributed by atoms with E-state index in [0.29, 0.717) is 32.4 Å². The molecule has 0 radical (unpaired) electrons. The maximum absolute atomic E-state index is 11.8. The molecule has 0 aromatic rings. The molecular weight excluding hydrogens is 224 g/mol. The molecule has 0 aromatic carbocycles. The number of hydrogen-bond donors (Lipinski definition) is 2. The number of amides is 1. The van der Waals surface area contributed by atoms with Crippen molar-refractivity contribution in [3.8, 4) is 0 Å². The minimum Gasteiger partial charge on any atom is -0.452 e. The first kappa shape index (κ1) is 13.6. The van der Waals surface area contributed by atoms with Crippen LogP contribution in [0.4, 0.5) is 0 Å². The summed E-state index contributed by atoms with van der Waals surface area (Å²) in [5, 5.41) is 3.03. The Labute approximate surface area is 99.9 Å². The summed E-state index contributed by atoms with van der Waals surface area (Å²) in [4.78, 5) is 34.3. The molecule has 1 heterocycles. The Morgan fingerprint density at radius 2 is 2.24 bits per heavy atom. The smallest absolute Gasteiger partial charge is 0.317 e. The van der Waals surface area contributed by atoms with Gasteiger partial charge in [-0.25, -0.2) is 0 Å². The lowest BCUT2D eigenvalue weighted by Crippen LogP contribution is -2.36. The van der Waals surface area contributed by atoms with Gasteiger partial charge in [0.25, 0.3) is 5.91 Å². The lowest BCUT2D eigenvalue weighted by molar-refractivity contribution is -0.161. The predicted octanol–water partition coefficient (Wildman–Crippen LogP) is -0.638. The quantitative estimate of drug-likeness (QED) is 0.505. The fraction of sp³-hybridized carbons (Fsp3) is 0.727. The summed E-state index contributed by atoms with van der Waals surface area (Å²) in [6, 6.07) is 0. The average Bonchev–Trinajstić information content (AvgIpc) is 2.50. The van der Waals surface area contributed by atoms with Crippen molar-refractivity contribution in [3.05, 3.63) is 0 Å². The highest BCUT2D eigenvalue weighted by atomic mass is 16.5. The number of carbonyl (C=O) groups is 3. The first-order valence-corrected chi connectivity index (χ1v) is 5.79. The molecule has 1 aliphatic rings. The molecule has 1 amide bonds. The minimum atomic E-state index is -0.938. The van der Waals surface area contributed by atoms with Crippen molar-refractivity contribution in [2.45, 2.75) is 32.3 Å². The molecule has 6 heteroatoms. The Bertz CT molecular complexity index is 317. The lowest BCUT2D eigenvalue weighted by Gasteiger charge is -2.16. The summed E-state index contributed by atoms with van der Waals surface area (Å²) in [5.74, 6) is -2.22. The summed E-state index contributed by atoms with van der Waals surface area (Å²) < 4.78 is 4.96. The molecule has 2 unspecified atom stereocenters. The summed E-state index contributed by atoms with van der Waals surface area (Å²) in [5.41, 5.74) is 5.08. The Hall–Kier alpha value is -1.43. The number of nitrogens with two attached hydrogens (primary N) is 1. The second-order valence-corrected chi connectivity index (χ2v) is 4.04. The topological polar surface area (TPSA) is 98.5 Å². The molecule has 6 nitrogen and oxygen atoms in total. The highest BCUT2D eigenvalue weighted by Gasteiger charge is 2.31. The number of nitrogens with one attached hydrogen (secondary N) is 1. The number of hydrogen-bond acceptors (Lipinski definition) is 5. The van der Waals surface area contributed by atoms with E-state index in [9.17, 15) is 14.4 Å². The second-order valence-electron chi connectivity index (χ2n) is 4.04. The molecule has 0 bridgehead atoms. The zero-order valence-corrected chi connectivity index (χ0v) is 9.90. The van der Waals surface area contributed by atoms with E-state index < -0.39 is 23.9 Å². The maximum Gasteiger partial charge on any atom is 0.317 e. The number of esters is 1. The monoisotopic (exact) mass is 242 g/mol. The van der Waals surface area contributed by atoms with Gasteiger partial charge in [-0.15, -0.1) is 0 Å². The summed E-state index contributed by atoms with van der Waals surface area (Å²) in [7, 11) is 0. The fourth-order valence-corrected chi connectivity index (χ4v) is 1.73. The second kappa shape index (κ2) is 6.34. The van der Waals surface area contributed by atoms with Crippen molar-refractivity contribution in [1.82, 2.24) is 5.32 Å². The van der Waals surface area contributed by atoms with E-state index in [4.69, 9.17) is 10.5 Å². The van der Waals surface area contributed by atoms with E-state index in [1.165, 1.54) is 0 Å². The van der Waals surface area contributed by atoms with Gasteiger partial charge in [-0.2, -0.15) is 0 Å². The Kier molecular flexibility index (Phi) is 5.09. The van der Waals surface area contributed by atoms with Crippen LogP contribution in [-0.4, -0.2) is 36.9 Å². The van der Waals surface area contributed by atoms with Gasteiger partial charge < -0.3 is 15.8 Å². The van der Waals surface area contributed by atoms with E-state index in [2.05, 4.69) is 5.32 Å². The summed E-state index contributed by atoms with van der Waals surface area (Å²) in [6.07, 6.45) is 0.103. The lowest BCUT2D eigenvalue weighted by atomic mass is 9.99. The van der Waals surface area contributed by atoms with E-state index >= 15 is 0 Å². The van der Waals surface area contributed by atoms with Gasteiger partial charge >= 0.3 is 5.97 Å². The molecule has 1 aliphatic heterocycles. The van der Waals surface area contributed by atoms with Crippen LogP contribution in [-0.2, 0) is 19.1 Å². The summed E-state index contributed by atoms with van der Waals surface area (Å²) in [6.45, 7) is 2.87. The molecule has 2 atom stereocenters. The minimum absolute atomic E-state index is 0.140. The molecule has 3 N–H and O–H groups in total. The number of carbonyl (C=O) groups excluding carboxylic acids is 3. The largest absolute Gasteiger partial charge is 0.452 e. The first-order chi connectivity index (χ1) is 8.06. The molecule has 0 aliphatic carbocycles. The first-order valence-electron chi connectivity index (χ1n) is 5.79. The normalized spacial score (nSPS) is 22.6. The van der Waals surface area contributed by atoms with Crippen LogP contribution in [0, 0.1) is 5.92 Å². The van der Waals surface area contributed by atoms with E-state index in [1.54, 1.807) is 6.92 Å². The molecule has 96 valence electrons. The molecule has 1 fully saturated rings. The van der Waals surface area contributed by atoms with E-state index in [-0.39, 0.29) is 5.78 Å². The maximum atomic E-state index is 11.8. The van der Waals surface area contributed by atoms with Crippen LogP contribution >= 0.6 is 0 Å². The fourth-order valence-electron chi connectivity index (χ4n) is 1.73. The predicted molar refractivity (Wildman–Crippen MR) is 60.0 cm³/mol. The molecule has 0 spiro atoms. The summed E-state index contributed by atoms with van der Waals surface area (Å²) >= 11 is 0. The molecule has 0 aromatic heterocycles. The Morgan fingerprint density at radius 1 is 1.53 bits per heavy atom. The highest BCUT2D eigenvalue weighted by molar-refractivity contribution is 6.00. The van der Waals surface area contributed by atoms with Gasteiger partial charge in [0.1, 0.15) is 11.7 Å². The average molecular weight is 242 g/mol. The van der Waals surface area contributed by atoms with Crippen LogP contribution in [0.3, 0.4) is 0 Å². The number of Topliss-reactive ketones (excluding diaryl/α,β-unsaturated/α-hetero) is 1. The zero-order chi connectivity index (χ0) is 12.8. The van der Waals surface area contributed by atoms with Gasteiger partial charge in [0.2, 0.25) is 0 Å². The molecule has 1 rings (SSSR count). The highest BCUT2D eigenvalue weighted by Crippen LogP contribution is 2.13. The van der Waals surface area contributed by atoms with Crippen LogP contribution < -0.4 is 11.1 Å².